The molecule has 0 aliphatic rings. The number of ether oxygens (including phenoxy) is 1. The molecule has 0 spiro atoms. The standard InChI is InChI=1S/C11H7BrClN3O2S/c12-8-5-15-10(13)16-9(8)19-7-3-1-6(2-4-7)18-11(14)17/h1-5H,(H2,14,17). The van der Waals surface area contributed by atoms with Gasteiger partial charge in [0.1, 0.15) is 10.8 Å². The number of hydrogen-bond donors (Lipinski definition) is 1. The lowest BCUT2D eigenvalue weighted by Crippen LogP contribution is -2.16. The maximum atomic E-state index is 10.6. The van der Waals surface area contributed by atoms with Crippen LogP contribution in [-0.2, 0) is 0 Å². The summed E-state index contributed by atoms with van der Waals surface area (Å²) in [4.78, 5) is 19.4. The molecule has 0 bridgehead atoms. The van der Waals surface area contributed by atoms with Crippen LogP contribution < -0.4 is 10.5 Å². The van der Waals surface area contributed by atoms with Crippen LogP contribution in [0.1, 0.15) is 0 Å². The fraction of sp³-hybridized carbons (Fsp3) is 0. The number of nitrogens with two attached hydrogens (primary N) is 1. The Hall–Kier alpha value is -1.31. The third-order valence-electron chi connectivity index (χ3n) is 1.94. The third kappa shape index (κ3) is 4.09. The van der Waals surface area contributed by atoms with Gasteiger partial charge in [0.15, 0.2) is 0 Å². The number of halogens is 2. The monoisotopic (exact) mass is 359 g/mol. The van der Waals surface area contributed by atoms with Crippen LogP contribution in [-0.4, -0.2) is 16.1 Å². The molecule has 5 nitrogen and oxygen atoms in total. The first kappa shape index (κ1) is 14.1. The fourth-order valence-corrected chi connectivity index (χ4v) is 2.60. The predicted octanol–water partition coefficient (Wildman–Crippen LogP) is 3.50. The summed E-state index contributed by atoms with van der Waals surface area (Å²) >= 11 is 10.5. The molecule has 0 radical (unpaired) electrons. The maximum Gasteiger partial charge on any atom is 0.409 e. The zero-order chi connectivity index (χ0) is 13.8. The molecule has 0 saturated heterocycles. The van der Waals surface area contributed by atoms with Crippen molar-refractivity contribution in [3.63, 3.8) is 0 Å². The van der Waals surface area contributed by atoms with Crippen LogP contribution >= 0.6 is 39.3 Å². The van der Waals surface area contributed by atoms with Crippen LogP contribution in [0.15, 0.2) is 44.9 Å². The predicted molar refractivity (Wildman–Crippen MR) is 75.5 cm³/mol. The van der Waals surface area contributed by atoms with Crippen molar-refractivity contribution in [1.82, 2.24) is 9.97 Å². The lowest BCUT2D eigenvalue weighted by Gasteiger charge is -2.04. The first-order valence-electron chi connectivity index (χ1n) is 4.98. The molecule has 1 heterocycles. The van der Waals surface area contributed by atoms with E-state index in [1.807, 2.05) is 0 Å². The Bertz CT molecular complexity index is 609. The van der Waals surface area contributed by atoms with Crippen molar-refractivity contribution in [2.75, 3.05) is 0 Å². The second-order valence-corrected chi connectivity index (χ2v) is 5.54. The molecule has 2 rings (SSSR count). The lowest BCUT2D eigenvalue weighted by atomic mass is 10.3. The Balaban J connectivity index is 2.15. The SMILES string of the molecule is NC(=O)Oc1ccc(Sc2nc(Cl)ncc2Br)cc1. The first-order chi connectivity index (χ1) is 9.04. The Morgan fingerprint density at radius 1 is 1.37 bits per heavy atom. The van der Waals surface area contributed by atoms with Gasteiger partial charge in [0.05, 0.1) is 4.47 Å². The summed E-state index contributed by atoms with van der Waals surface area (Å²) in [7, 11) is 0. The Morgan fingerprint density at radius 2 is 2.05 bits per heavy atom. The number of carbonyl (C=O) groups is 1. The molecule has 0 fully saturated rings. The molecule has 0 aliphatic carbocycles. The van der Waals surface area contributed by atoms with Gasteiger partial charge in [0.25, 0.3) is 0 Å². The minimum atomic E-state index is -0.842. The topological polar surface area (TPSA) is 78.1 Å². The molecule has 1 amide bonds. The third-order valence-corrected chi connectivity index (χ3v) is 3.98. The summed E-state index contributed by atoms with van der Waals surface area (Å²) < 4.78 is 5.49. The molecular formula is C11H7BrClN3O2S. The Kier molecular flexibility index (Phi) is 4.62. The van der Waals surface area contributed by atoms with Crippen LogP contribution in [0.4, 0.5) is 4.79 Å². The molecule has 19 heavy (non-hydrogen) atoms. The zero-order valence-electron chi connectivity index (χ0n) is 9.34. The summed E-state index contributed by atoms with van der Waals surface area (Å²) in [6, 6.07) is 6.85. The highest BCUT2D eigenvalue weighted by molar-refractivity contribution is 9.10. The lowest BCUT2D eigenvalue weighted by molar-refractivity contribution is 0.211. The maximum absolute atomic E-state index is 10.6. The summed E-state index contributed by atoms with van der Waals surface area (Å²) in [5.74, 6) is 0.386. The average Bonchev–Trinajstić information content (AvgIpc) is 2.35. The van der Waals surface area contributed by atoms with Crippen LogP contribution in [0.3, 0.4) is 0 Å². The van der Waals surface area contributed by atoms with E-state index in [9.17, 15) is 4.79 Å². The average molecular weight is 361 g/mol. The van der Waals surface area contributed by atoms with E-state index in [0.717, 1.165) is 9.37 Å². The molecule has 98 valence electrons. The molecular weight excluding hydrogens is 354 g/mol. The zero-order valence-corrected chi connectivity index (χ0v) is 12.5. The Morgan fingerprint density at radius 3 is 2.68 bits per heavy atom. The van der Waals surface area contributed by atoms with Crippen LogP contribution in [0.5, 0.6) is 5.75 Å². The summed E-state index contributed by atoms with van der Waals surface area (Å²) in [5.41, 5.74) is 4.92. The number of aromatic nitrogens is 2. The number of benzene rings is 1. The molecule has 1 aromatic heterocycles. The van der Waals surface area contributed by atoms with Crippen molar-refractivity contribution < 1.29 is 9.53 Å². The van der Waals surface area contributed by atoms with Gasteiger partial charge in [-0.2, -0.15) is 0 Å². The van der Waals surface area contributed by atoms with E-state index in [0.29, 0.717) is 10.8 Å². The molecule has 0 saturated carbocycles. The van der Waals surface area contributed by atoms with Crippen LogP contribution in [0.25, 0.3) is 0 Å². The molecule has 0 aliphatic heterocycles. The van der Waals surface area contributed by atoms with E-state index in [-0.39, 0.29) is 5.28 Å². The van der Waals surface area contributed by atoms with Crippen molar-refractivity contribution in [1.29, 1.82) is 0 Å². The highest BCUT2D eigenvalue weighted by atomic mass is 79.9. The van der Waals surface area contributed by atoms with E-state index in [4.69, 9.17) is 22.1 Å². The van der Waals surface area contributed by atoms with E-state index in [1.54, 1.807) is 30.5 Å². The number of hydrogen-bond acceptors (Lipinski definition) is 5. The summed E-state index contributed by atoms with van der Waals surface area (Å²) in [6.45, 7) is 0. The molecule has 2 aromatic rings. The van der Waals surface area contributed by atoms with E-state index >= 15 is 0 Å². The minimum Gasteiger partial charge on any atom is -0.411 e. The van der Waals surface area contributed by atoms with E-state index in [1.165, 1.54) is 11.8 Å². The van der Waals surface area contributed by atoms with Gasteiger partial charge in [-0.1, -0.05) is 11.8 Å². The number of nitrogens with zero attached hydrogens (tertiary/aromatic N) is 2. The highest BCUT2D eigenvalue weighted by Gasteiger charge is 2.07. The van der Waals surface area contributed by atoms with Gasteiger partial charge in [0.2, 0.25) is 5.28 Å². The fourth-order valence-electron chi connectivity index (χ4n) is 1.21. The molecule has 8 heteroatoms. The highest BCUT2D eigenvalue weighted by Crippen LogP contribution is 2.32. The van der Waals surface area contributed by atoms with Crippen molar-refractivity contribution >= 4 is 45.4 Å². The number of primary amides is 1. The number of amides is 1. The normalized spacial score (nSPS) is 10.2. The van der Waals surface area contributed by atoms with E-state index in [2.05, 4.69) is 25.9 Å². The second kappa shape index (κ2) is 6.23. The van der Waals surface area contributed by atoms with Crippen molar-refractivity contribution in [3.05, 3.63) is 40.2 Å². The van der Waals surface area contributed by atoms with Crippen molar-refractivity contribution in [2.45, 2.75) is 9.92 Å². The van der Waals surface area contributed by atoms with Gasteiger partial charge in [-0.3, -0.25) is 0 Å². The summed E-state index contributed by atoms with van der Waals surface area (Å²) in [6.07, 6.45) is 0.744. The van der Waals surface area contributed by atoms with E-state index < -0.39 is 6.09 Å². The van der Waals surface area contributed by atoms with Crippen LogP contribution in [0, 0.1) is 0 Å². The summed E-state index contributed by atoms with van der Waals surface area (Å²) in [5, 5.41) is 0.878. The quantitative estimate of drug-likeness (QED) is 0.669. The molecule has 0 unspecified atom stereocenters. The van der Waals surface area contributed by atoms with Gasteiger partial charge in [0, 0.05) is 11.1 Å². The van der Waals surface area contributed by atoms with Gasteiger partial charge >= 0.3 is 6.09 Å². The first-order valence-corrected chi connectivity index (χ1v) is 6.96. The molecule has 0 atom stereocenters. The molecule has 2 N–H and O–H groups in total. The number of carbonyl (C=O) groups excluding carboxylic acids is 1. The van der Waals surface area contributed by atoms with Gasteiger partial charge in [-0.15, -0.1) is 0 Å². The molecule has 1 aromatic carbocycles. The second-order valence-electron chi connectivity index (χ2n) is 3.29. The van der Waals surface area contributed by atoms with Gasteiger partial charge < -0.3 is 10.5 Å². The minimum absolute atomic E-state index is 0.180. The Labute approximate surface area is 126 Å². The van der Waals surface area contributed by atoms with Crippen molar-refractivity contribution in [2.24, 2.45) is 5.73 Å². The number of rotatable bonds is 3. The van der Waals surface area contributed by atoms with Gasteiger partial charge in [-0.25, -0.2) is 14.8 Å². The van der Waals surface area contributed by atoms with Crippen molar-refractivity contribution in [3.8, 4) is 5.75 Å². The van der Waals surface area contributed by atoms with Gasteiger partial charge in [-0.05, 0) is 51.8 Å². The smallest absolute Gasteiger partial charge is 0.409 e. The van der Waals surface area contributed by atoms with Crippen LogP contribution in [0.2, 0.25) is 5.28 Å². The largest absolute Gasteiger partial charge is 0.411 e.